The highest BCUT2D eigenvalue weighted by Gasteiger charge is 2.08. The standard InChI is InChI=1S/C19H17BrN4O3/c1-2-27-16-9-12(8-14(20)18(16)26)11-21-24-19-22-15(10-17(25)23-19)13-6-4-3-5-7-13/h3-11,26H,2H2,1H3,(H2,22,23,24,25)/b21-11-. The molecule has 0 amide bonds. The number of nitrogens with zero attached hydrogens (tertiary/aromatic N) is 2. The molecule has 1 aromatic heterocycles. The van der Waals surface area contributed by atoms with E-state index in [4.69, 9.17) is 4.74 Å². The van der Waals surface area contributed by atoms with Crippen molar-refractivity contribution in [1.82, 2.24) is 9.97 Å². The number of hydrazone groups is 1. The Balaban J connectivity index is 1.81. The zero-order valence-electron chi connectivity index (χ0n) is 14.4. The van der Waals surface area contributed by atoms with Crippen LogP contribution >= 0.6 is 15.9 Å². The Hall–Kier alpha value is -3.13. The molecule has 3 aromatic rings. The summed E-state index contributed by atoms with van der Waals surface area (Å²) in [5, 5.41) is 14.0. The predicted octanol–water partition coefficient (Wildman–Crippen LogP) is 3.75. The van der Waals surface area contributed by atoms with Crippen LogP contribution in [-0.2, 0) is 0 Å². The lowest BCUT2D eigenvalue weighted by molar-refractivity contribution is 0.317. The number of halogens is 1. The quantitative estimate of drug-likeness (QED) is 0.410. The van der Waals surface area contributed by atoms with Gasteiger partial charge < -0.3 is 9.84 Å². The van der Waals surface area contributed by atoms with Gasteiger partial charge in [0, 0.05) is 11.6 Å². The Morgan fingerprint density at radius 3 is 2.81 bits per heavy atom. The lowest BCUT2D eigenvalue weighted by Gasteiger charge is -2.08. The Morgan fingerprint density at radius 1 is 1.30 bits per heavy atom. The van der Waals surface area contributed by atoms with E-state index in [1.807, 2.05) is 37.3 Å². The van der Waals surface area contributed by atoms with E-state index in [9.17, 15) is 9.90 Å². The van der Waals surface area contributed by atoms with Crippen LogP contribution in [0.4, 0.5) is 5.95 Å². The lowest BCUT2D eigenvalue weighted by Crippen LogP contribution is -2.10. The molecule has 3 rings (SSSR count). The van der Waals surface area contributed by atoms with Gasteiger partial charge in [-0.1, -0.05) is 30.3 Å². The summed E-state index contributed by atoms with van der Waals surface area (Å²) in [6.07, 6.45) is 1.53. The predicted molar refractivity (Wildman–Crippen MR) is 108 cm³/mol. The first-order chi connectivity index (χ1) is 13.1. The van der Waals surface area contributed by atoms with Crippen LogP contribution < -0.4 is 15.7 Å². The molecule has 0 radical (unpaired) electrons. The van der Waals surface area contributed by atoms with Crippen LogP contribution in [0.1, 0.15) is 12.5 Å². The maximum absolute atomic E-state index is 11.9. The van der Waals surface area contributed by atoms with Crippen molar-refractivity contribution in [3.63, 3.8) is 0 Å². The highest BCUT2D eigenvalue weighted by atomic mass is 79.9. The molecule has 0 bridgehead atoms. The molecule has 0 saturated carbocycles. The molecule has 7 nitrogen and oxygen atoms in total. The van der Waals surface area contributed by atoms with Crippen molar-refractivity contribution in [3.05, 3.63) is 68.9 Å². The molecular weight excluding hydrogens is 412 g/mol. The van der Waals surface area contributed by atoms with Crippen LogP contribution in [0.2, 0.25) is 0 Å². The largest absolute Gasteiger partial charge is 0.503 e. The van der Waals surface area contributed by atoms with Gasteiger partial charge >= 0.3 is 0 Å². The number of ether oxygens (including phenoxy) is 1. The Morgan fingerprint density at radius 2 is 2.07 bits per heavy atom. The maximum Gasteiger partial charge on any atom is 0.252 e. The molecule has 0 fully saturated rings. The first kappa shape index (κ1) is 18.7. The van der Waals surface area contributed by atoms with Gasteiger partial charge in [-0.3, -0.25) is 9.78 Å². The van der Waals surface area contributed by atoms with Crippen LogP contribution in [0.15, 0.2) is 62.9 Å². The molecule has 2 aromatic carbocycles. The number of phenolic OH excluding ortho intramolecular Hbond substituents is 1. The van der Waals surface area contributed by atoms with Crippen LogP contribution in [0.25, 0.3) is 11.3 Å². The van der Waals surface area contributed by atoms with Crippen molar-refractivity contribution < 1.29 is 9.84 Å². The third-order valence-electron chi connectivity index (χ3n) is 3.55. The van der Waals surface area contributed by atoms with Crippen LogP contribution in [0, 0.1) is 0 Å². The van der Waals surface area contributed by atoms with Gasteiger partial charge in [0.05, 0.1) is 23.0 Å². The monoisotopic (exact) mass is 428 g/mol. The Kier molecular flexibility index (Phi) is 5.87. The zero-order chi connectivity index (χ0) is 19.2. The summed E-state index contributed by atoms with van der Waals surface area (Å²) in [6.45, 7) is 2.26. The number of hydrogen-bond donors (Lipinski definition) is 3. The summed E-state index contributed by atoms with van der Waals surface area (Å²) in [5.41, 5.74) is 4.50. The van der Waals surface area contributed by atoms with Gasteiger partial charge in [-0.15, -0.1) is 0 Å². The van der Waals surface area contributed by atoms with Crippen molar-refractivity contribution >= 4 is 28.1 Å². The topological polar surface area (TPSA) is 99.6 Å². The molecule has 0 aliphatic rings. The van der Waals surface area contributed by atoms with Crippen LogP contribution in [-0.4, -0.2) is 27.9 Å². The highest BCUT2D eigenvalue weighted by Crippen LogP contribution is 2.35. The van der Waals surface area contributed by atoms with Crippen molar-refractivity contribution in [1.29, 1.82) is 0 Å². The number of hydrogen-bond acceptors (Lipinski definition) is 6. The molecule has 1 heterocycles. The van der Waals surface area contributed by atoms with E-state index in [1.54, 1.807) is 12.1 Å². The first-order valence-corrected chi connectivity index (χ1v) is 8.97. The van der Waals surface area contributed by atoms with Gasteiger partial charge in [-0.05, 0) is 40.5 Å². The van der Waals surface area contributed by atoms with Gasteiger partial charge in [-0.2, -0.15) is 5.10 Å². The Labute approximate surface area is 163 Å². The minimum Gasteiger partial charge on any atom is -0.503 e. The van der Waals surface area contributed by atoms with Gasteiger partial charge in [-0.25, -0.2) is 10.4 Å². The normalized spacial score (nSPS) is 10.9. The smallest absolute Gasteiger partial charge is 0.252 e. The number of aromatic hydroxyl groups is 1. The molecule has 3 N–H and O–H groups in total. The number of aromatic amines is 1. The second-order valence-electron chi connectivity index (χ2n) is 5.50. The van der Waals surface area contributed by atoms with E-state index in [2.05, 4.69) is 36.4 Å². The summed E-state index contributed by atoms with van der Waals surface area (Å²) >= 11 is 3.28. The van der Waals surface area contributed by atoms with Gasteiger partial charge in [0.25, 0.3) is 5.56 Å². The van der Waals surface area contributed by atoms with Crippen LogP contribution in [0.3, 0.4) is 0 Å². The minimum absolute atomic E-state index is 0.0310. The van der Waals surface area contributed by atoms with Crippen LogP contribution in [0.5, 0.6) is 11.5 Å². The fourth-order valence-electron chi connectivity index (χ4n) is 2.37. The first-order valence-electron chi connectivity index (χ1n) is 8.18. The molecule has 0 atom stereocenters. The number of phenols is 1. The average molecular weight is 429 g/mol. The second kappa shape index (κ2) is 8.50. The van der Waals surface area contributed by atoms with E-state index in [0.717, 1.165) is 5.56 Å². The average Bonchev–Trinajstić information content (AvgIpc) is 2.66. The summed E-state index contributed by atoms with van der Waals surface area (Å²) in [5.74, 6) is 0.606. The lowest BCUT2D eigenvalue weighted by atomic mass is 10.1. The molecule has 0 saturated heterocycles. The van der Waals surface area contributed by atoms with Gasteiger partial charge in [0.15, 0.2) is 11.5 Å². The van der Waals surface area contributed by atoms with E-state index in [1.165, 1.54) is 12.3 Å². The molecule has 0 spiro atoms. The molecule has 27 heavy (non-hydrogen) atoms. The molecule has 0 aliphatic carbocycles. The van der Waals surface area contributed by atoms with Crippen molar-refractivity contribution in [2.24, 2.45) is 5.10 Å². The molecule has 0 aliphatic heterocycles. The SMILES string of the molecule is CCOc1cc(/C=N\Nc2nc(-c3ccccc3)cc(=O)[nH]2)cc(Br)c1O. The van der Waals surface area contributed by atoms with E-state index < -0.39 is 0 Å². The number of benzene rings is 2. The van der Waals surface area contributed by atoms with E-state index in [-0.39, 0.29) is 17.3 Å². The van der Waals surface area contributed by atoms with E-state index >= 15 is 0 Å². The van der Waals surface area contributed by atoms with Crippen molar-refractivity contribution in [2.75, 3.05) is 12.0 Å². The number of rotatable bonds is 6. The minimum atomic E-state index is -0.285. The summed E-state index contributed by atoms with van der Waals surface area (Å²) in [6, 6.07) is 14.2. The van der Waals surface area contributed by atoms with Crippen molar-refractivity contribution in [3.8, 4) is 22.8 Å². The maximum atomic E-state index is 11.9. The summed E-state index contributed by atoms with van der Waals surface area (Å²) < 4.78 is 5.87. The molecule has 138 valence electrons. The molecule has 8 heteroatoms. The summed E-state index contributed by atoms with van der Waals surface area (Å²) in [4.78, 5) is 18.8. The summed E-state index contributed by atoms with van der Waals surface area (Å²) in [7, 11) is 0. The number of nitrogens with one attached hydrogen (secondary N) is 2. The Bertz CT molecular complexity index is 1020. The van der Waals surface area contributed by atoms with Gasteiger partial charge in [0.2, 0.25) is 5.95 Å². The molecule has 0 unspecified atom stereocenters. The zero-order valence-corrected chi connectivity index (χ0v) is 16.0. The fourth-order valence-corrected chi connectivity index (χ4v) is 2.83. The highest BCUT2D eigenvalue weighted by molar-refractivity contribution is 9.10. The second-order valence-corrected chi connectivity index (χ2v) is 6.35. The number of aromatic nitrogens is 2. The van der Waals surface area contributed by atoms with Crippen molar-refractivity contribution in [2.45, 2.75) is 6.92 Å². The fraction of sp³-hybridized carbons (Fsp3) is 0.105. The van der Waals surface area contributed by atoms with E-state index in [0.29, 0.717) is 28.1 Å². The third kappa shape index (κ3) is 4.73. The number of anilines is 1. The van der Waals surface area contributed by atoms with Gasteiger partial charge in [0.1, 0.15) is 0 Å². The number of H-pyrrole nitrogens is 1. The third-order valence-corrected chi connectivity index (χ3v) is 4.15. The molecular formula is C19H17BrN4O3.